The molecule has 18 heavy (non-hydrogen) atoms. The minimum atomic E-state index is 0.462. The molecule has 3 rings (SSSR count). The first-order valence-corrected chi connectivity index (χ1v) is 7.85. The maximum atomic E-state index is 5.71. The highest BCUT2D eigenvalue weighted by Crippen LogP contribution is 2.37. The van der Waals surface area contributed by atoms with Crippen LogP contribution in [0.15, 0.2) is 0 Å². The highest BCUT2D eigenvalue weighted by Gasteiger charge is 2.45. The summed E-state index contributed by atoms with van der Waals surface area (Å²) in [6, 6.07) is 1.49. The molecule has 2 saturated carbocycles. The van der Waals surface area contributed by atoms with Crippen molar-refractivity contribution in [1.29, 1.82) is 0 Å². The molecule has 3 heteroatoms. The first-order valence-electron chi connectivity index (χ1n) is 7.85. The van der Waals surface area contributed by atoms with Crippen LogP contribution >= 0.6 is 0 Å². The highest BCUT2D eigenvalue weighted by molar-refractivity contribution is 5.03. The minimum absolute atomic E-state index is 0.462. The van der Waals surface area contributed by atoms with E-state index < -0.39 is 0 Å². The topological polar surface area (TPSA) is 24.5 Å². The lowest BCUT2D eigenvalue weighted by molar-refractivity contribution is -0.0721. The van der Waals surface area contributed by atoms with E-state index in [0.717, 1.165) is 12.6 Å². The summed E-state index contributed by atoms with van der Waals surface area (Å²) >= 11 is 0. The Kier molecular flexibility index (Phi) is 3.65. The van der Waals surface area contributed by atoms with E-state index in [1.54, 1.807) is 0 Å². The summed E-state index contributed by atoms with van der Waals surface area (Å²) in [6.45, 7) is 7.81. The van der Waals surface area contributed by atoms with E-state index in [9.17, 15) is 0 Å². The average molecular weight is 252 g/mol. The number of nitrogens with zero attached hydrogens (tertiary/aromatic N) is 1. The summed E-state index contributed by atoms with van der Waals surface area (Å²) in [5, 5.41) is 3.84. The van der Waals surface area contributed by atoms with E-state index in [0.29, 0.717) is 17.7 Å². The third-order valence-electron chi connectivity index (χ3n) is 5.33. The third kappa shape index (κ3) is 2.33. The van der Waals surface area contributed by atoms with Gasteiger partial charge in [0.15, 0.2) is 0 Å². The molecule has 1 atom stereocenters. The van der Waals surface area contributed by atoms with Gasteiger partial charge in [0, 0.05) is 37.3 Å². The lowest BCUT2D eigenvalue weighted by Crippen LogP contribution is -2.66. The summed E-state index contributed by atoms with van der Waals surface area (Å²) in [5.74, 6) is 0. The van der Waals surface area contributed by atoms with Crippen molar-refractivity contribution in [3.05, 3.63) is 0 Å². The largest absolute Gasteiger partial charge is 0.378 e. The van der Waals surface area contributed by atoms with Gasteiger partial charge in [0.2, 0.25) is 0 Å². The Hall–Kier alpha value is -0.120. The zero-order chi connectivity index (χ0) is 12.6. The SMILES string of the molecule is CCOC1CC(N2CC3(CCCC3)NCC2C)C1. The molecule has 1 spiro atoms. The predicted molar refractivity (Wildman–Crippen MR) is 73.8 cm³/mol. The molecule has 1 aliphatic heterocycles. The standard InChI is InChI=1S/C15H28N2O/c1-3-18-14-8-13(9-14)17-11-15(6-4-5-7-15)16-10-12(17)2/h12-14,16H,3-11H2,1-2H3. The molecule has 0 bridgehead atoms. The van der Waals surface area contributed by atoms with Crippen LogP contribution in [0.5, 0.6) is 0 Å². The molecule has 3 aliphatic rings. The lowest BCUT2D eigenvalue weighted by atomic mass is 9.83. The average Bonchev–Trinajstić information content (AvgIpc) is 2.76. The van der Waals surface area contributed by atoms with Crippen molar-refractivity contribution in [2.24, 2.45) is 0 Å². The zero-order valence-electron chi connectivity index (χ0n) is 12.0. The number of nitrogens with one attached hydrogen (secondary N) is 1. The molecule has 0 aromatic carbocycles. The van der Waals surface area contributed by atoms with Crippen molar-refractivity contribution in [3.8, 4) is 0 Å². The maximum Gasteiger partial charge on any atom is 0.0604 e. The van der Waals surface area contributed by atoms with Gasteiger partial charge in [-0.3, -0.25) is 4.90 Å². The summed E-state index contributed by atoms with van der Waals surface area (Å²) in [7, 11) is 0. The molecule has 104 valence electrons. The first kappa shape index (κ1) is 12.9. The Labute approximate surface area is 111 Å². The van der Waals surface area contributed by atoms with Crippen LogP contribution in [-0.4, -0.2) is 48.3 Å². The van der Waals surface area contributed by atoms with Crippen LogP contribution in [-0.2, 0) is 4.74 Å². The summed E-state index contributed by atoms with van der Waals surface area (Å²) < 4.78 is 5.71. The number of ether oxygens (including phenoxy) is 1. The quantitative estimate of drug-likeness (QED) is 0.833. The fraction of sp³-hybridized carbons (Fsp3) is 1.00. The van der Waals surface area contributed by atoms with E-state index >= 15 is 0 Å². The van der Waals surface area contributed by atoms with Crippen molar-refractivity contribution in [3.63, 3.8) is 0 Å². The van der Waals surface area contributed by atoms with Crippen molar-refractivity contribution < 1.29 is 4.74 Å². The fourth-order valence-electron chi connectivity index (χ4n) is 4.10. The zero-order valence-corrected chi connectivity index (χ0v) is 12.0. The summed E-state index contributed by atoms with van der Waals surface area (Å²) in [5.41, 5.74) is 0.462. The Balaban J connectivity index is 1.57. The second-order valence-corrected chi connectivity index (χ2v) is 6.59. The molecule has 2 aliphatic carbocycles. The molecular weight excluding hydrogens is 224 g/mol. The van der Waals surface area contributed by atoms with Gasteiger partial charge in [-0.25, -0.2) is 0 Å². The Morgan fingerprint density at radius 2 is 2.00 bits per heavy atom. The van der Waals surface area contributed by atoms with Crippen LogP contribution in [0.1, 0.15) is 52.4 Å². The molecule has 3 nitrogen and oxygen atoms in total. The molecule has 1 unspecified atom stereocenters. The molecular formula is C15H28N2O. The molecule has 0 radical (unpaired) electrons. The van der Waals surface area contributed by atoms with Crippen LogP contribution in [0.2, 0.25) is 0 Å². The van der Waals surface area contributed by atoms with Crippen LogP contribution in [0.25, 0.3) is 0 Å². The highest BCUT2D eigenvalue weighted by atomic mass is 16.5. The van der Waals surface area contributed by atoms with Gasteiger partial charge in [0.05, 0.1) is 6.10 Å². The van der Waals surface area contributed by atoms with Gasteiger partial charge < -0.3 is 10.1 Å². The molecule has 0 aromatic heterocycles. The number of hydrogen-bond acceptors (Lipinski definition) is 3. The third-order valence-corrected chi connectivity index (χ3v) is 5.33. The van der Waals surface area contributed by atoms with Crippen LogP contribution in [0.4, 0.5) is 0 Å². The lowest BCUT2D eigenvalue weighted by Gasteiger charge is -2.52. The van der Waals surface area contributed by atoms with E-state index in [-0.39, 0.29) is 0 Å². The van der Waals surface area contributed by atoms with Gasteiger partial charge in [-0.2, -0.15) is 0 Å². The Bertz CT molecular complexity index is 282. The molecule has 0 amide bonds. The minimum Gasteiger partial charge on any atom is -0.378 e. The molecule has 3 fully saturated rings. The smallest absolute Gasteiger partial charge is 0.0604 e. The number of piperazine rings is 1. The van der Waals surface area contributed by atoms with E-state index in [1.165, 1.54) is 51.6 Å². The number of hydrogen-bond donors (Lipinski definition) is 1. The number of rotatable bonds is 3. The van der Waals surface area contributed by atoms with Gasteiger partial charge in [0.25, 0.3) is 0 Å². The molecule has 1 saturated heterocycles. The second-order valence-electron chi connectivity index (χ2n) is 6.59. The van der Waals surface area contributed by atoms with Crippen molar-refractivity contribution in [1.82, 2.24) is 10.2 Å². The van der Waals surface area contributed by atoms with E-state index in [4.69, 9.17) is 4.74 Å². The molecule has 1 N–H and O–H groups in total. The Morgan fingerprint density at radius 3 is 2.67 bits per heavy atom. The molecule has 0 aromatic rings. The summed E-state index contributed by atoms with van der Waals surface area (Å²) in [4.78, 5) is 2.78. The van der Waals surface area contributed by atoms with Crippen molar-refractivity contribution >= 4 is 0 Å². The predicted octanol–water partition coefficient (Wildman–Crippen LogP) is 2.16. The maximum absolute atomic E-state index is 5.71. The van der Waals surface area contributed by atoms with Crippen molar-refractivity contribution in [2.45, 2.75) is 76.1 Å². The van der Waals surface area contributed by atoms with Gasteiger partial charge in [-0.05, 0) is 39.5 Å². The van der Waals surface area contributed by atoms with Gasteiger partial charge in [0.1, 0.15) is 0 Å². The Morgan fingerprint density at radius 1 is 1.28 bits per heavy atom. The molecule has 1 heterocycles. The van der Waals surface area contributed by atoms with Gasteiger partial charge >= 0.3 is 0 Å². The first-order chi connectivity index (χ1) is 8.72. The van der Waals surface area contributed by atoms with Crippen LogP contribution in [0.3, 0.4) is 0 Å². The van der Waals surface area contributed by atoms with Crippen molar-refractivity contribution in [2.75, 3.05) is 19.7 Å². The monoisotopic (exact) mass is 252 g/mol. The van der Waals surface area contributed by atoms with Gasteiger partial charge in [-0.15, -0.1) is 0 Å². The fourth-order valence-corrected chi connectivity index (χ4v) is 4.10. The van der Waals surface area contributed by atoms with E-state index in [1.807, 2.05) is 0 Å². The summed E-state index contributed by atoms with van der Waals surface area (Å²) in [6.07, 6.45) is 8.67. The second kappa shape index (κ2) is 5.10. The van der Waals surface area contributed by atoms with E-state index in [2.05, 4.69) is 24.1 Å². The normalized spacial score (nSPS) is 40.0. The van der Waals surface area contributed by atoms with Gasteiger partial charge in [-0.1, -0.05) is 12.8 Å². The van der Waals surface area contributed by atoms with Crippen LogP contribution < -0.4 is 5.32 Å². The van der Waals surface area contributed by atoms with Crippen LogP contribution in [0, 0.1) is 0 Å².